The first-order valence-corrected chi connectivity index (χ1v) is 9.30. The highest BCUT2D eigenvalue weighted by Crippen LogP contribution is 2.18. The molecule has 0 fully saturated rings. The third-order valence-electron chi connectivity index (χ3n) is 3.13. The minimum Gasteiger partial charge on any atom is -0.448 e. The van der Waals surface area contributed by atoms with E-state index in [1.807, 2.05) is 0 Å². The number of nitrogens with one attached hydrogen (secondary N) is 1. The lowest BCUT2D eigenvalue weighted by Gasteiger charge is -2.13. The number of nitrogens with two attached hydrogens (primary N) is 1. The van der Waals surface area contributed by atoms with Crippen LogP contribution in [0, 0.1) is 6.92 Å². The number of hydrogen-bond donors (Lipinski definition) is 2. The molecule has 128 valence electrons. The summed E-state index contributed by atoms with van der Waals surface area (Å²) < 4.78 is 27.7. The first kappa shape index (κ1) is 18.1. The maximum Gasteiger partial charge on any atom is 0.349 e. The summed E-state index contributed by atoms with van der Waals surface area (Å²) in [5.41, 5.74) is 1.01. The first-order chi connectivity index (χ1) is 11.2. The highest BCUT2D eigenvalue weighted by molar-refractivity contribution is 7.89. The van der Waals surface area contributed by atoms with E-state index in [0.717, 1.165) is 5.56 Å². The topological polar surface area (TPSA) is 116 Å². The predicted octanol–water partition coefficient (Wildman–Crippen LogP) is 1.89. The van der Waals surface area contributed by atoms with Crippen LogP contribution in [-0.4, -0.2) is 26.4 Å². The van der Waals surface area contributed by atoms with Crippen LogP contribution in [0.3, 0.4) is 0 Å². The molecule has 24 heavy (non-hydrogen) atoms. The van der Waals surface area contributed by atoms with Gasteiger partial charge in [-0.25, -0.2) is 18.4 Å². The largest absolute Gasteiger partial charge is 0.448 e. The second-order valence-corrected chi connectivity index (χ2v) is 7.52. The van der Waals surface area contributed by atoms with E-state index in [4.69, 9.17) is 9.88 Å². The van der Waals surface area contributed by atoms with Gasteiger partial charge < -0.3 is 10.1 Å². The SMILES string of the molecule is Cc1ccsc1C(=O)OC(C)C(=O)Nc1cccc(S(N)(=O)=O)c1. The van der Waals surface area contributed by atoms with E-state index in [1.54, 1.807) is 18.4 Å². The van der Waals surface area contributed by atoms with Crippen LogP contribution in [0.25, 0.3) is 0 Å². The lowest BCUT2D eigenvalue weighted by Crippen LogP contribution is -2.30. The second kappa shape index (κ2) is 7.12. The summed E-state index contributed by atoms with van der Waals surface area (Å²) >= 11 is 1.23. The van der Waals surface area contributed by atoms with Crippen LogP contribution >= 0.6 is 11.3 Å². The molecule has 0 aliphatic heterocycles. The molecule has 0 radical (unpaired) electrons. The fraction of sp³-hybridized carbons (Fsp3) is 0.200. The molecule has 1 amide bonds. The van der Waals surface area contributed by atoms with Crippen molar-refractivity contribution in [2.75, 3.05) is 5.32 Å². The van der Waals surface area contributed by atoms with Crippen molar-refractivity contribution in [2.45, 2.75) is 24.8 Å². The van der Waals surface area contributed by atoms with Crippen molar-refractivity contribution in [1.29, 1.82) is 0 Å². The number of esters is 1. The van der Waals surface area contributed by atoms with Crippen LogP contribution in [0.5, 0.6) is 0 Å². The molecule has 1 aromatic carbocycles. The number of aryl methyl sites for hydroxylation is 1. The number of ether oxygens (including phenoxy) is 1. The molecule has 1 aromatic heterocycles. The third-order valence-corrected chi connectivity index (χ3v) is 5.04. The number of carbonyl (C=O) groups is 2. The fourth-order valence-corrected chi connectivity index (χ4v) is 3.21. The fourth-order valence-electron chi connectivity index (χ4n) is 1.84. The molecule has 9 heteroatoms. The summed E-state index contributed by atoms with van der Waals surface area (Å²) in [5.74, 6) is -1.16. The van der Waals surface area contributed by atoms with Gasteiger partial charge in [0.05, 0.1) is 4.90 Å². The van der Waals surface area contributed by atoms with Crippen molar-refractivity contribution in [1.82, 2.24) is 0 Å². The monoisotopic (exact) mass is 368 g/mol. The zero-order valence-corrected chi connectivity index (χ0v) is 14.6. The summed E-state index contributed by atoms with van der Waals surface area (Å²) in [6, 6.07) is 7.27. The molecule has 0 bridgehead atoms. The van der Waals surface area contributed by atoms with Gasteiger partial charge >= 0.3 is 5.97 Å². The Kier molecular flexibility index (Phi) is 5.37. The van der Waals surface area contributed by atoms with Gasteiger partial charge in [-0.3, -0.25) is 4.79 Å². The highest BCUT2D eigenvalue weighted by Gasteiger charge is 2.21. The molecule has 0 saturated heterocycles. The van der Waals surface area contributed by atoms with E-state index < -0.39 is 28.0 Å². The quantitative estimate of drug-likeness (QED) is 0.782. The molecular weight excluding hydrogens is 352 g/mol. The molecule has 1 atom stereocenters. The third kappa shape index (κ3) is 4.40. The van der Waals surface area contributed by atoms with Crippen molar-refractivity contribution in [3.63, 3.8) is 0 Å². The van der Waals surface area contributed by atoms with Gasteiger partial charge in [-0.2, -0.15) is 0 Å². The lowest BCUT2D eigenvalue weighted by atomic mass is 10.3. The number of thiophene rings is 1. The number of amides is 1. The summed E-state index contributed by atoms with van der Waals surface area (Å²) in [7, 11) is -3.87. The Hall–Kier alpha value is -2.23. The zero-order valence-electron chi connectivity index (χ0n) is 13.0. The molecule has 3 N–H and O–H groups in total. The Bertz CT molecular complexity index is 873. The van der Waals surface area contributed by atoms with Crippen molar-refractivity contribution in [3.05, 3.63) is 46.2 Å². The van der Waals surface area contributed by atoms with E-state index >= 15 is 0 Å². The van der Waals surface area contributed by atoms with E-state index in [2.05, 4.69) is 5.32 Å². The number of anilines is 1. The van der Waals surface area contributed by atoms with E-state index in [9.17, 15) is 18.0 Å². The van der Waals surface area contributed by atoms with Crippen LogP contribution in [0.1, 0.15) is 22.2 Å². The van der Waals surface area contributed by atoms with Crippen LogP contribution in [0.2, 0.25) is 0 Å². The van der Waals surface area contributed by atoms with Gasteiger partial charge in [0.2, 0.25) is 10.0 Å². The zero-order chi connectivity index (χ0) is 17.9. The van der Waals surface area contributed by atoms with E-state index in [0.29, 0.717) is 4.88 Å². The van der Waals surface area contributed by atoms with Crippen molar-refractivity contribution >= 4 is 38.9 Å². The Morgan fingerprint density at radius 1 is 1.29 bits per heavy atom. The molecule has 0 spiro atoms. The predicted molar refractivity (Wildman–Crippen MR) is 90.4 cm³/mol. The Labute approximate surface area is 143 Å². The number of sulfonamides is 1. The Morgan fingerprint density at radius 3 is 2.58 bits per heavy atom. The maximum atomic E-state index is 12.1. The van der Waals surface area contributed by atoms with Crippen molar-refractivity contribution < 1.29 is 22.7 Å². The maximum absolute atomic E-state index is 12.1. The molecule has 2 rings (SSSR count). The van der Waals surface area contributed by atoms with Gasteiger partial charge in [0, 0.05) is 5.69 Å². The standard InChI is InChI=1S/C15H16N2O5S2/c1-9-6-7-23-13(9)15(19)22-10(2)14(18)17-11-4-3-5-12(8-11)24(16,20)21/h3-8,10H,1-2H3,(H,17,18)(H2,16,20,21). The number of rotatable bonds is 5. The molecule has 0 aliphatic rings. The summed E-state index contributed by atoms with van der Waals surface area (Å²) in [4.78, 5) is 24.4. The molecule has 1 heterocycles. The van der Waals surface area contributed by atoms with Crippen LogP contribution in [-0.2, 0) is 19.6 Å². The number of hydrogen-bond acceptors (Lipinski definition) is 6. The number of carbonyl (C=O) groups excluding carboxylic acids is 2. The number of benzene rings is 1. The van der Waals surface area contributed by atoms with Crippen LogP contribution in [0.4, 0.5) is 5.69 Å². The average Bonchev–Trinajstić information content (AvgIpc) is 2.92. The van der Waals surface area contributed by atoms with Gasteiger partial charge in [-0.15, -0.1) is 11.3 Å². The van der Waals surface area contributed by atoms with E-state index in [-0.39, 0.29) is 10.6 Å². The second-order valence-electron chi connectivity index (χ2n) is 5.04. The number of primary sulfonamides is 1. The summed E-state index contributed by atoms with van der Waals surface area (Å²) in [6.07, 6.45) is -1.04. The van der Waals surface area contributed by atoms with Gasteiger partial charge in [-0.05, 0) is 49.1 Å². The molecule has 2 aromatic rings. The molecule has 0 saturated carbocycles. The average molecular weight is 368 g/mol. The summed E-state index contributed by atoms with van der Waals surface area (Å²) in [6.45, 7) is 3.20. The minimum atomic E-state index is -3.87. The highest BCUT2D eigenvalue weighted by atomic mass is 32.2. The Balaban J connectivity index is 2.04. The smallest absolute Gasteiger partial charge is 0.349 e. The van der Waals surface area contributed by atoms with E-state index in [1.165, 1.54) is 42.5 Å². The molecule has 7 nitrogen and oxygen atoms in total. The Morgan fingerprint density at radius 2 is 2.00 bits per heavy atom. The van der Waals surface area contributed by atoms with Gasteiger partial charge in [0.1, 0.15) is 4.88 Å². The molecule has 1 unspecified atom stereocenters. The lowest BCUT2D eigenvalue weighted by molar-refractivity contribution is -0.123. The molecular formula is C15H16N2O5S2. The van der Waals surface area contributed by atoms with Gasteiger partial charge in [-0.1, -0.05) is 6.07 Å². The van der Waals surface area contributed by atoms with Crippen LogP contribution in [0.15, 0.2) is 40.6 Å². The first-order valence-electron chi connectivity index (χ1n) is 6.87. The van der Waals surface area contributed by atoms with Crippen LogP contribution < -0.4 is 10.5 Å². The normalized spacial score (nSPS) is 12.5. The van der Waals surface area contributed by atoms with Gasteiger partial charge in [0.25, 0.3) is 5.91 Å². The van der Waals surface area contributed by atoms with Gasteiger partial charge in [0.15, 0.2) is 6.10 Å². The minimum absolute atomic E-state index is 0.126. The molecule has 0 aliphatic carbocycles. The van der Waals surface area contributed by atoms with Crippen molar-refractivity contribution in [3.8, 4) is 0 Å². The van der Waals surface area contributed by atoms with Crippen molar-refractivity contribution in [2.24, 2.45) is 5.14 Å². The summed E-state index contributed by atoms with van der Waals surface area (Å²) in [5, 5.41) is 9.29.